The minimum Gasteiger partial charge on any atom is -0.396 e. The standard InChI is InChI=1S/C16H32N2O3S/c1-4-5-6-7-8-10-17-13(22)9-11-18-15(21)14(20)16(2,3)12-19/h14,19-20H,4-12H2,1-3H3,(H,17,22)(H,18,21)/t14-/m0/s1. The number of carbonyl (C=O) groups excluding carboxylic acids is 1. The molecule has 5 nitrogen and oxygen atoms in total. The summed E-state index contributed by atoms with van der Waals surface area (Å²) in [6, 6.07) is 0. The highest BCUT2D eigenvalue weighted by molar-refractivity contribution is 7.80. The zero-order chi connectivity index (χ0) is 17.0. The SMILES string of the molecule is CCCCCCCNC(=S)CCNC(=O)[C@H](O)C(C)(C)CO. The Balaban J connectivity index is 3.73. The number of aliphatic hydroxyl groups is 2. The first-order chi connectivity index (χ1) is 10.3. The van der Waals surface area contributed by atoms with E-state index in [4.69, 9.17) is 17.3 Å². The van der Waals surface area contributed by atoms with Gasteiger partial charge in [0, 0.05) is 24.9 Å². The van der Waals surface area contributed by atoms with Crippen LogP contribution in [0.3, 0.4) is 0 Å². The highest BCUT2D eigenvalue weighted by atomic mass is 32.1. The Morgan fingerprint density at radius 3 is 2.36 bits per heavy atom. The molecule has 0 bridgehead atoms. The molecule has 0 aliphatic rings. The number of thiocarbonyl (C=S) groups is 1. The second kappa shape index (κ2) is 11.8. The van der Waals surface area contributed by atoms with E-state index in [0.717, 1.165) is 18.0 Å². The molecule has 0 unspecified atom stereocenters. The molecule has 4 N–H and O–H groups in total. The third-order valence-electron chi connectivity index (χ3n) is 3.65. The van der Waals surface area contributed by atoms with Crippen molar-refractivity contribution in [2.45, 2.75) is 65.4 Å². The van der Waals surface area contributed by atoms with Gasteiger partial charge in [-0.1, -0.05) is 58.7 Å². The number of unbranched alkanes of at least 4 members (excludes halogenated alkanes) is 4. The maximum atomic E-state index is 11.8. The fraction of sp³-hybridized carbons (Fsp3) is 0.875. The Kier molecular flexibility index (Phi) is 11.4. The molecular formula is C16H32N2O3S. The fourth-order valence-electron chi connectivity index (χ4n) is 1.88. The van der Waals surface area contributed by atoms with Crippen LogP contribution in [-0.2, 0) is 4.79 Å². The lowest BCUT2D eigenvalue weighted by atomic mass is 9.87. The van der Waals surface area contributed by atoms with Crippen molar-refractivity contribution in [1.29, 1.82) is 0 Å². The first-order valence-electron chi connectivity index (χ1n) is 8.18. The number of aliphatic hydroxyl groups excluding tert-OH is 2. The number of rotatable bonds is 12. The van der Waals surface area contributed by atoms with Crippen LogP contribution in [0, 0.1) is 5.41 Å². The van der Waals surface area contributed by atoms with Gasteiger partial charge in [-0.05, 0) is 6.42 Å². The smallest absolute Gasteiger partial charge is 0.249 e. The summed E-state index contributed by atoms with van der Waals surface area (Å²) < 4.78 is 0. The lowest BCUT2D eigenvalue weighted by Crippen LogP contribution is -2.46. The van der Waals surface area contributed by atoms with E-state index in [-0.39, 0.29) is 6.61 Å². The van der Waals surface area contributed by atoms with Crippen LogP contribution in [0.25, 0.3) is 0 Å². The molecule has 6 heteroatoms. The molecule has 130 valence electrons. The second-order valence-corrected chi connectivity index (χ2v) is 6.85. The molecule has 0 rings (SSSR count). The Bertz CT molecular complexity index is 335. The van der Waals surface area contributed by atoms with Crippen molar-refractivity contribution in [2.24, 2.45) is 5.41 Å². The van der Waals surface area contributed by atoms with Crippen molar-refractivity contribution < 1.29 is 15.0 Å². The average molecular weight is 333 g/mol. The molecule has 0 fully saturated rings. The average Bonchev–Trinajstić information content (AvgIpc) is 2.49. The van der Waals surface area contributed by atoms with Crippen LogP contribution >= 0.6 is 12.2 Å². The van der Waals surface area contributed by atoms with Gasteiger partial charge in [0.1, 0.15) is 6.10 Å². The zero-order valence-electron chi connectivity index (χ0n) is 14.2. The van der Waals surface area contributed by atoms with E-state index < -0.39 is 17.4 Å². The Morgan fingerprint density at radius 1 is 1.14 bits per heavy atom. The summed E-state index contributed by atoms with van der Waals surface area (Å²) >= 11 is 5.20. The van der Waals surface area contributed by atoms with Crippen LogP contribution in [0.4, 0.5) is 0 Å². The van der Waals surface area contributed by atoms with Gasteiger partial charge in [-0.2, -0.15) is 0 Å². The topological polar surface area (TPSA) is 81.6 Å². The van der Waals surface area contributed by atoms with Gasteiger partial charge in [0.25, 0.3) is 0 Å². The fourth-order valence-corrected chi connectivity index (χ4v) is 2.09. The summed E-state index contributed by atoms with van der Waals surface area (Å²) in [5, 5.41) is 24.8. The maximum Gasteiger partial charge on any atom is 0.249 e. The number of nitrogens with one attached hydrogen (secondary N) is 2. The minimum atomic E-state index is -1.22. The van der Waals surface area contributed by atoms with Crippen LogP contribution < -0.4 is 10.6 Å². The molecule has 0 aliphatic heterocycles. The predicted octanol–water partition coefficient (Wildman–Crippen LogP) is 1.76. The summed E-state index contributed by atoms with van der Waals surface area (Å²) in [5.74, 6) is -0.471. The highest BCUT2D eigenvalue weighted by Gasteiger charge is 2.32. The first kappa shape index (κ1) is 21.3. The summed E-state index contributed by atoms with van der Waals surface area (Å²) in [4.78, 5) is 12.5. The van der Waals surface area contributed by atoms with Crippen molar-refractivity contribution in [3.63, 3.8) is 0 Å². The van der Waals surface area contributed by atoms with Gasteiger partial charge in [-0.15, -0.1) is 0 Å². The van der Waals surface area contributed by atoms with Crippen LogP contribution in [0.15, 0.2) is 0 Å². The van der Waals surface area contributed by atoms with Gasteiger partial charge < -0.3 is 20.8 Å². The second-order valence-electron chi connectivity index (χ2n) is 6.35. The van der Waals surface area contributed by atoms with E-state index in [0.29, 0.717) is 13.0 Å². The van der Waals surface area contributed by atoms with Crippen molar-refractivity contribution >= 4 is 23.1 Å². The molecule has 1 amide bonds. The highest BCUT2D eigenvalue weighted by Crippen LogP contribution is 2.19. The van der Waals surface area contributed by atoms with Gasteiger partial charge in [-0.3, -0.25) is 4.79 Å². The molecule has 0 aromatic carbocycles. The molecule has 0 saturated carbocycles. The Hall–Kier alpha value is -0.720. The molecule has 22 heavy (non-hydrogen) atoms. The Labute approximate surface area is 139 Å². The van der Waals surface area contributed by atoms with Crippen LogP contribution in [0.5, 0.6) is 0 Å². The largest absolute Gasteiger partial charge is 0.396 e. The van der Waals surface area contributed by atoms with E-state index in [1.54, 1.807) is 13.8 Å². The van der Waals surface area contributed by atoms with Gasteiger partial charge in [0.15, 0.2) is 0 Å². The van der Waals surface area contributed by atoms with Crippen molar-refractivity contribution in [2.75, 3.05) is 19.7 Å². The normalized spacial score (nSPS) is 12.8. The summed E-state index contributed by atoms with van der Waals surface area (Å²) in [6.07, 6.45) is 5.44. The minimum absolute atomic E-state index is 0.250. The Morgan fingerprint density at radius 2 is 1.77 bits per heavy atom. The molecule has 0 aromatic heterocycles. The third-order valence-corrected chi connectivity index (χ3v) is 4.00. The number of carbonyl (C=O) groups is 1. The van der Waals surface area contributed by atoms with Crippen LogP contribution in [0.1, 0.15) is 59.3 Å². The zero-order valence-corrected chi connectivity index (χ0v) is 15.0. The lowest BCUT2D eigenvalue weighted by Gasteiger charge is -2.27. The lowest BCUT2D eigenvalue weighted by molar-refractivity contribution is -0.137. The van der Waals surface area contributed by atoms with Crippen LogP contribution in [0.2, 0.25) is 0 Å². The van der Waals surface area contributed by atoms with Gasteiger partial charge in [0.05, 0.1) is 11.6 Å². The van der Waals surface area contributed by atoms with Crippen molar-refractivity contribution in [3.05, 3.63) is 0 Å². The molecule has 0 saturated heterocycles. The van der Waals surface area contributed by atoms with Crippen molar-refractivity contribution in [1.82, 2.24) is 10.6 Å². The van der Waals surface area contributed by atoms with E-state index in [2.05, 4.69) is 17.6 Å². The van der Waals surface area contributed by atoms with Crippen LogP contribution in [-0.4, -0.2) is 46.9 Å². The number of hydrogen-bond donors (Lipinski definition) is 4. The monoisotopic (exact) mass is 332 g/mol. The molecule has 1 atom stereocenters. The van der Waals surface area contributed by atoms with Gasteiger partial charge in [-0.25, -0.2) is 0 Å². The van der Waals surface area contributed by atoms with E-state index in [1.807, 2.05) is 0 Å². The molecule has 0 heterocycles. The molecule has 0 radical (unpaired) electrons. The predicted molar refractivity (Wildman–Crippen MR) is 93.9 cm³/mol. The van der Waals surface area contributed by atoms with E-state index in [9.17, 15) is 9.90 Å². The van der Waals surface area contributed by atoms with Gasteiger partial charge >= 0.3 is 0 Å². The third kappa shape index (κ3) is 9.33. The quantitative estimate of drug-likeness (QED) is 0.323. The molecule has 0 spiro atoms. The number of hydrogen-bond acceptors (Lipinski definition) is 4. The summed E-state index contributed by atoms with van der Waals surface area (Å²) in [5.41, 5.74) is -0.846. The van der Waals surface area contributed by atoms with E-state index >= 15 is 0 Å². The number of amides is 1. The van der Waals surface area contributed by atoms with Gasteiger partial charge in [0.2, 0.25) is 5.91 Å². The maximum absolute atomic E-state index is 11.8. The summed E-state index contributed by atoms with van der Waals surface area (Å²) in [7, 11) is 0. The summed E-state index contributed by atoms with van der Waals surface area (Å²) in [6.45, 7) is 6.49. The van der Waals surface area contributed by atoms with E-state index in [1.165, 1.54) is 25.7 Å². The van der Waals surface area contributed by atoms with Crippen molar-refractivity contribution in [3.8, 4) is 0 Å². The molecule has 0 aromatic rings. The first-order valence-corrected chi connectivity index (χ1v) is 8.59. The molecule has 0 aliphatic carbocycles. The molecular weight excluding hydrogens is 300 g/mol.